The Bertz CT molecular complexity index is 365. The number of rotatable bonds is 2. The molecule has 1 aromatic carbocycles. The molecule has 0 bridgehead atoms. The molecule has 0 spiro atoms. The van der Waals surface area contributed by atoms with E-state index in [9.17, 15) is 8.60 Å². The SMILES string of the molecule is C[C@H]1CCCN1S(=O)c1ccc(F)cc1. The quantitative estimate of drug-likeness (QED) is 0.759. The predicted molar refractivity (Wildman–Crippen MR) is 58.2 cm³/mol. The van der Waals surface area contributed by atoms with E-state index < -0.39 is 11.0 Å². The number of nitrogens with zero attached hydrogens (tertiary/aromatic N) is 1. The van der Waals surface area contributed by atoms with Gasteiger partial charge in [0.05, 0.1) is 4.90 Å². The van der Waals surface area contributed by atoms with Crippen molar-refractivity contribution in [2.24, 2.45) is 0 Å². The molecule has 1 heterocycles. The lowest BCUT2D eigenvalue weighted by molar-refractivity contribution is 0.441. The van der Waals surface area contributed by atoms with E-state index in [1.54, 1.807) is 12.1 Å². The molecule has 0 saturated carbocycles. The summed E-state index contributed by atoms with van der Waals surface area (Å²) in [5.74, 6) is -0.287. The van der Waals surface area contributed by atoms with Crippen LogP contribution < -0.4 is 0 Å². The van der Waals surface area contributed by atoms with Gasteiger partial charge in [-0.05, 0) is 44.0 Å². The summed E-state index contributed by atoms with van der Waals surface area (Å²) in [7, 11) is -1.13. The van der Waals surface area contributed by atoms with Crippen LogP contribution in [0.5, 0.6) is 0 Å². The van der Waals surface area contributed by atoms with Gasteiger partial charge in [-0.25, -0.2) is 12.9 Å². The molecule has 0 radical (unpaired) electrons. The van der Waals surface area contributed by atoms with Crippen molar-refractivity contribution in [1.82, 2.24) is 4.31 Å². The smallest absolute Gasteiger partial charge is 0.127 e. The molecule has 2 nitrogen and oxygen atoms in total. The molecule has 2 atom stereocenters. The highest BCUT2D eigenvalue weighted by Gasteiger charge is 2.25. The first-order valence-electron chi connectivity index (χ1n) is 5.12. The zero-order chi connectivity index (χ0) is 10.8. The molecule has 1 fully saturated rings. The van der Waals surface area contributed by atoms with E-state index in [2.05, 4.69) is 6.92 Å². The molecular formula is C11H14FNOS. The molecule has 1 aliphatic rings. The maximum absolute atomic E-state index is 12.7. The van der Waals surface area contributed by atoms with Gasteiger partial charge in [-0.15, -0.1) is 0 Å². The monoisotopic (exact) mass is 227 g/mol. The van der Waals surface area contributed by atoms with E-state index in [0.717, 1.165) is 19.4 Å². The summed E-state index contributed by atoms with van der Waals surface area (Å²) in [4.78, 5) is 0.685. The number of benzene rings is 1. The molecule has 0 N–H and O–H groups in total. The maximum atomic E-state index is 12.7. The van der Waals surface area contributed by atoms with Crippen LogP contribution in [0, 0.1) is 5.82 Å². The first kappa shape index (κ1) is 10.8. The summed E-state index contributed by atoms with van der Waals surface area (Å²) in [6.07, 6.45) is 2.18. The van der Waals surface area contributed by atoms with Crippen molar-refractivity contribution in [3.05, 3.63) is 30.1 Å². The van der Waals surface area contributed by atoms with Gasteiger partial charge in [-0.2, -0.15) is 0 Å². The lowest BCUT2D eigenvalue weighted by Gasteiger charge is -2.19. The third-order valence-electron chi connectivity index (χ3n) is 2.72. The first-order valence-corrected chi connectivity index (χ1v) is 6.23. The highest BCUT2D eigenvalue weighted by Crippen LogP contribution is 2.22. The van der Waals surface area contributed by atoms with E-state index in [0.29, 0.717) is 10.9 Å². The van der Waals surface area contributed by atoms with Gasteiger partial charge >= 0.3 is 0 Å². The normalized spacial score (nSPS) is 24.3. The molecule has 1 aliphatic heterocycles. The molecule has 1 aromatic rings. The van der Waals surface area contributed by atoms with E-state index in [1.165, 1.54) is 12.1 Å². The fourth-order valence-corrected chi connectivity index (χ4v) is 3.21. The van der Waals surface area contributed by atoms with Crippen molar-refractivity contribution in [3.63, 3.8) is 0 Å². The van der Waals surface area contributed by atoms with Crippen molar-refractivity contribution in [3.8, 4) is 0 Å². The van der Waals surface area contributed by atoms with Crippen LogP contribution in [-0.4, -0.2) is 21.1 Å². The predicted octanol–water partition coefficient (Wildman–Crippen LogP) is 2.33. The molecule has 1 unspecified atom stereocenters. The van der Waals surface area contributed by atoms with Crippen molar-refractivity contribution < 1.29 is 8.60 Å². The van der Waals surface area contributed by atoms with Crippen LogP contribution in [0.25, 0.3) is 0 Å². The van der Waals surface area contributed by atoms with Gasteiger partial charge in [-0.3, -0.25) is 0 Å². The second kappa shape index (κ2) is 4.41. The third kappa shape index (κ3) is 2.26. The van der Waals surface area contributed by atoms with Crippen LogP contribution in [0.2, 0.25) is 0 Å². The van der Waals surface area contributed by atoms with Gasteiger partial charge in [-0.1, -0.05) is 0 Å². The molecule has 0 amide bonds. The summed E-state index contributed by atoms with van der Waals surface area (Å²) < 4.78 is 26.7. The maximum Gasteiger partial charge on any atom is 0.127 e. The zero-order valence-electron chi connectivity index (χ0n) is 8.65. The van der Waals surface area contributed by atoms with Crippen LogP contribution in [-0.2, 0) is 11.0 Å². The average molecular weight is 227 g/mol. The standard InChI is InChI=1S/C11H14FNOS/c1-9-3-2-8-13(9)15(14)11-6-4-10(12)5-7-11/h4-7,9H,2-3,8H2,1H3/t9-,15?/m0/s1. The fourth-order valence-electron chi connectivity index (χ4n) is 1.84. The minimum absolute atomic E-state index is 0.287. The largest absolute Gasteiger partial charge is 0.237 e. The Kier molecular flexibility index (Phi) is 3.17. The molecular weight excluding hydrogens is 213 g/mol. The van der Waals surface area contributed by atoms with Crippen LogP contribution >= 0.6 is 0 Å². The van der Waals surface area contributed by atoms with Crippen LogP contribution in [0.4, 0.5) is 4.39 Å². The van der Waals surface area contributed by atoms with Crippen molar-refractivity contribution in [2.75, 3.05) is 6.54 Å². The van der Waals surface area contributed by atoms with E-state index in [-0.39, 0.29) is 5.82 Å². The summed E-state index contributed by atoms with van der Waals surface area (Å²) in [6.45, 7) is 2.94. The Morgan fingerprint density at radius 3 is 2.60 bits per heavy atom. The second-order valence-electron chi connectivity index (χ2n) is 3.84. The molecule has 15 heavy (non-hydrogen) atoms. The Labute approximate surface area is 91.7 Å². The molecule has 2 rings (SSSR count). The van der Waals surface area contributed by atoms with Crippen molar-refractivity contribution >= 4 is 11.0 Å². The van der Waals surface area contributed by atoms with Gasteiger partial charge in [0.1, 0.15) is 16.8 Å². The summed E-state index contributed by atoms with van der Waals surface area (Å²) in [5, 5.41) is 0. The van der Waals surface area contributed by atoms with Crippen molar-refractivity contribution in [1.29, 1.82) is 0 Å². The van der Waals surface area contributed by atoms with Gasteiger partial charge in [0, 0.05) is 12.6 Å². The topological polar surface area (TPSA) is 20.3 Å². The van der Waals surface area contributed by atoms with Gasteiger partial charge in [0.15, 0.2) is 0 Å². The molecule has 0 aliphatic carbocycles. The number of hydrogen-bond acceptors (Lipinski definition) is 1. The van der Waals surface area contributed by atoms with Gasteiger partial charge in [0.25, 0.3) is 0 Å². The van der Waals surface area contributed by atoms with Crippen LogP contribution in [0.1, 0.15) is 19.8 Å². The number of hydrogen-bond donors (Lipinski definition) is 0. The fraction of sp³-hybridized carbons (Fsp3) is 0.455. The minimum atomic E-state index is -1.13. The highest BCUT2D eigenvalue weighted by atomic mass is 32.2. The lowest BCUT2D eigenvalue weighted by Crippen LogP contribution is -2.28. The number of halogens is 1. The highest BCUT2D eigenvalue weighted by molar-refractivity contribution is 7.82. The van der Waals surface area contributed by atoms with Gasteiger partial charge < -0.3 is 0 Å². The molecule has 82 valence electrons. The summed E-state index contributed by atoms with van der Waals surface area (Å²) >= 11 is 0. The minimum Gasteiger partial charge on any atom is -0.237 e. The van der Waals surface area contributed by atoms with Crippen molar-refractivity contribution in [2.45, 2.75) is 30.7 Å². The summed E-state index contributed by atoms with van der Waals surface area (Å²) in [6, 6.07) is 6.26. The zero-order valence-corrected chi connectivity index (χ0v) is 9.47. The Morgan fingerprint density at radius 1 is 1.40 bits per heavy atom. The Hall–Kier alpha value is -0.740. The Balaban J connectivity index is 2.17. The molecule has 0 aromatic heterocycles. The van der Waals surface area contributed by atoms with Crippen LogP contribution in [0.15, 0.2) is 29.2 Å². The third-order valence-corrected chi connectivity index (χ3v) is 4.36. The average Bonchev–Trinajstić information content (AvgIpc) is 2.65. The van der Waals surface area contributed by atoms with E-state index in [1.807, 2.05) is 4.31 Å². The summed E-state index contributed by atoms with van der Waals surface area (Å²) in [5.41, 5.74) is 0. The van der Waals surface area contributed by atoms with Crippen LogP contribution in [0.3, 0.4) is 0 Å². The van der Waals surface area contributed by atoms with Gasteiger partial charge in [0.2, 0.25) is 0 Å². The first-order chi connectivity index (χ1) is 7.18. The van der Waals surface area contributed by atoms with E-state index in [4.69, 9.17) is 0 Å². The second-order valence-corrected chi connectivity index (χ2v) is 5.27. The molecule has 1 saturated heterocycles. The lowest BCUT2D eigenvalue weighted by atomic mass is 10.3. The molecule has 4 heteroatoms. The van der Waals surface area contributed by atoms with E-state index >= 15 is 0 Å². The Morgan fingerprint density at radius 2 is 2.07 bits per heavy atom.